The van der Waals surface area contributed by atoms with E-state index in [1.807, 2.05) is 34.0 Å². The van der Waals surface area contributed by atoms with Gasteiger partial charge in [0.1, 0.15) is 24.4 Å². The fourth-order valence-electron chi connectivity index (χ4n) is 4.53. The molecule has 2 aliphatic heterocycles. The van der Waals surface area contributed by atoms with Crippen LogP contribution in [0.25, 0.3) is 11.3 Å². The van der Waals surface area contributed by atoms with E-state index in [0.29, 0.717) is 25.6 Å². The van der Waals surface area contributed by atoms with E-state index < -0.39 is 5.60 Å². The number of ether oxygens (including phenoxy) is 2. The highest BCUT2D eigenvalue weighted by Gasteiger charge is 2.29. The molecule has 0 atom stereocenters. The van der Waals surface area contributed by atoms with E-state index in [-0.39, 0.29) is 6.09 Å². The molecule has 1 N–H and O–H groups in total. The van der Waals surface area contributed by atoms with Crippen LogP contribution in [0.3, 0.4) is 0 Å². The third-order valence-corrected chi connectivity index (χ3v) is 6.81. The summed E-state index contributed by atoms with van der Waals surface area (Å²) in [5, 5.41) is 7.75. The highest BCUT2D eigenvalue weighted by atomic mass is 79.9. The van der Waals surface area contributed by atoms with Crippen LogP contribution in [0.4, 0.5) is 16.3 Å². The molecule has 2 aromatic heterocycles. The van der Waals surface area contributed by atoms with Crippen molar-refractivity contribution < 1.29 is 14.3 Å². The summed E-state index contributed by atoms with van der Waals surface area (Å²) in [6, 6.07) is 4.26. The Bertz CT molecular complexity index is 1260. The second-order valence-electron chi connectivity index (χ2n) is 9.99. The minimum absolute atomic E-state index is 0.241. The Labute approximate surface area is 213 Å². The fourth-order valence-corrected chi connectivity index (χ4v) is 5.12. The molecule has 2 aliphatic rings. The second-order valence-corrected chi connectivity index (χ2v) is 10.8. The number of fused-ring (bicyclic) bond motifs is 2. The zero-order valence-corrected chi connectivity index (χ0v) is 21.9. The number of amides is 1. The van der Waals surface area contributed by atoms with E-state index in [4.69, 9.17) is 9.47 Å². The van der Waals surface area contributed by atoms with Crippen molar-refractivity contribution in [2.24, 2.45) is 7.05 Å². The average Bonchev–Trinajstić information content (AvgIpc) is 3.14. The number of hydrogen-bond acceptors (Lipinski definition) is 7. The monoisotopic (exact) mass is 540 g/mol. The van der Waals surface area contributed by atoms with Crippen molar-refractivity contribution in [3.05, 3.63) is 46.5 Å². The summed E-state index contributed by atoms with van der Waals surface area (Å²) in [4.78, 5) is 23.2. The first-order chi connectivity index (χ1) is 16.7. The number of likely N-dealkylation sites (tertiary alicyclic amines) is 1. The number of nitrogens with zero attached hydrogens (tertiary/aromatic N) is 5. The maximum absolute atomic E-state index is 12.4. The van der Waals surface area contributed by atoms with Crippen LogP contribution in [0.2, 0.25) is 0 Å². The van der Waals surface area contributed by atoms with Crippen molar-refractivity contribution in [2.45, 2.75) is 51.7 Å². The number of rotatable bonds is 2. The summed E-state index contributed by atoms with van der Waals surface area (Å²) in [5.41, 5.74) is 4.17. The highest BCUT2D eigenvalue weighted by Crippen LogP contribution is 2.43. The lowest BCUT2D eigenvalue weighted by molar-refractivity contribution is 0.0205. The van der Waals surface area contributed by atoms with Crippen LogP contribution in [0.1, 0.15) is 50.7 Å². The molecule has 4 heterocycles. The predicted octanol–water partition coefficient (Wildman–Crippen LogP) is 5.39. The molecule has 10 heteroatoms. The summed E-state index contributed by atoms with van der Waals surface area (Å²) in [6.45, 7) is 7.35. The normalized spacial score (nSPS) is 16.0. The van der Waals surface area contributed by atoms with Gasteiger partial charge in [-0.25, -0.2) is 14.8 Å². The Morgan fingerprint density at radius 1 is 1.23 bits per heavy atom. The number of halogens is 1. The van der Waals surface area contributed by atoms with Crippen LogP contribution in [-0.4, -0.2) is 49.4 Å². The van der Waals surface area contributed by atoms with Crippen molar-refractivity contribution >= 4 is 33.5 Å². The first-order valence-corrected chi connectivity index (χ1v) is 12.5. The minimum Gasteiger partial charge on any atom is -0.485 e. The van der Waals surface area contributed by atoms with Gasteiger partial charge in [-0.1, -0.05) is 0 Å². The number of aryl methyl sites for hydroxylation is 1. The molecular formula is C25H29BrN6O3. The quantitative estimate of drug-likeness (QED) is 0.465. The maximum atomic E-state index is 12.4. The summed E-state index contributed by atoms with van der Waals surface area (Å²) in [5.74, 6) is 1.80. The fraction of sp³-hybridized carbons (Fsp3) is 0.440. The lowest BCUT2D eigenvalue weighted by Gasteiger charge is -2.34. The van der Waals surface area contributed by atoms with Crippen LogP contribution in [-0.2, 0) is 18.4 Å². The van der Waals surface area contributed by atoms with Crippen LogP contribution >= 0.6 is 15.9 Å². The zero-order chi connectivity index (χ0) is 24.7. The summed E-state index contributed by atoms with van der Waals surface area (Å²) in [7, 11) is 1.88. The van der Waals surface area contributed by atoms with Crippen LogP contribution in [0, 0.1) is 0 Å². The first-order valence-electron chi connectivity index (χ1n) is 11.7. The molecule has 0 saturated carbocycles. The SMILES string of the molecule is Cn1cc(-c2ncnc3c2COc2c(Br)cc(C4CCN(C(=O)OC(C)(C)C)CC4)cc2N3)cn1. The van der Waals surface area contributed by atoms with Gasteiger partial charge in [0.25, 0.3) is 0 Å². The molecule has 35 heavy (non-hydrogen) atoms. The van der Waals surface area contributed by atoms with Gasteiger partial charge in [-0.3, -0.25) is 4.68 Å². The zero-order valence-electron chi connectivity index (χ0n) is 20.3. The molecule has 1 aromatic carbocycles. The largest absolute Gasteiger partial charge is 0.485 e. The van der Waals surface area contributed by atoms with Gasteiger partial charge in [-0.15, -0.1) is 0 Å². The first kappa shape index (κ1) is 23.6. The van der Waals surface area contributed by atoms with Gasteiger partial charge in [-0.05, 0) is 73.2 Å². The molecule has 0 aliphatic carbocycles. The molecule has 0 radical (unpaired) electrons. The molecule has 1 amide bonds. The summed E-state index contributed by atoms with van der Waals surface area (Å²) >= 11 is 3.71. The van der Waals surface area contributed by atoms with E-state index in [2.05, 4.69) is 48.4 Å². The Morgan fingerprint density at radius 3 is 2.69 bits per heavy atom. The highest BCUT2D eigenvalue weighted by molar-refractivity contribution is 9.10. The Morgan fingerprint density at radius 2 is 2.00 bits per heavy atom. The number of piperidine rings is 1. The van der Waals surface area contributed by atoms with Gasteiger partial charge in [0, 0.05) is 31.9 Å². The summed E-state index contributed by atoms with van der Waals surface area (Å²) in [6.07, 6.45) is 6.78. The topological polar surface area (TPSA) is 94.4 Å². The van der Waals surface area contributed by atoms with Crippen LogP contribution < -0.4 is 10.1 Å². The molecule has 0 spiro atoms. The van der Waals surface area contributed by atoms with Crippen molar-refractivity contribution in [3.8, 4) is 17.0 Å². The van der Waals surface area contributed by atoms with Crippen molar-refractivity contribution in [1.82, 2.24) is 24.6 Å². The average molecular weight is 541 g/mol. The molecule has 5 rings (SSSR count). The molecular weight excluding hydrogens is 512 g/mol. The van der Waals surface area contributed by atoms with Gasteiger partial charge < -0.3 is 19.7 Å². The molecule has 0 unspecified atom stereocenters. The molecule has 1 fully saturated rings. The predicted molar refractivity (Wildman–Crippen MR) is 136 cm³/mol. The Kier molecular flexibility index (Phi) is 6.16. The third kappa shape index (κ3) is 4.98. The van der Waals surface area contributed by atoms with Gasteiger partial charge in [0.05, 0.1) is 27.6 Å². The van der Waals surface area contributed by atoms with Gasteiger partial charge in [-0.2, -0.15) is 5.10 Å². The number of hydrogen-bond donors (Lipinski definition) is 1. The Hall–Kier alpha value is -3.14. The van der Waals surface area contributed by atoms with E-state index in [0.717, 1.165) is 51.4 Å². The van der Waals surface area contributed by atoms with E-state index >= 15 is 0 Å². The lowest BCUT2D eigenvalue weighted by Crippen LogP contribution is -2.41. The van der Waals surface area contributed by atoms with Gasteiger partial charge in [0.15, 0.2) is 5.75 Å². The Balaban J connectivity index is 1.37. The number of anilines is 2. The number of benzene rings is 1. The second kappa shape index (κ2) is 9.14. The molecule has 1 saturated heterocycles. The smallest absolute Gasteiger partial charge is 0.410 e. The molecule has 0 bridgehead atoms. The number of nitrogens with one attached hydrogen (secondary N) is 1. The van der Waals surface area contributed by atoms with E-state index in [1.54, 1.807) is 22.1 Å². The number of carbonyl (C=O) groups excluding carboxylic acids is 1. The molecule has 9 nitrogen and oxygen atoms in total. The minimum atomic E-state index is -0.488. The van der Waals surface area contributed by atoms with Crippen LogP contribution in [0.15, 0.2) is 35.3 Å². The van der Waals surface area contributed by atoms with E-state index in [1.165, 1.54) is 5.56 Å². The number of aromatic nitrogens is 4. The van der Waals surface area contributed by atoms with Crippen LogP contribution in [0.5, 0.6) is 5.75 Å². The maximum Gasteiger partial charge on any atom is 0.410 e. The standard InChI is InChI=1S/C25H29BrN6O3/c1-25(2,3)35-24(33)32-7-5-15(6-8-32)16-9-19(26)22-20(10-16)30-23-18(13-34-22)21(27-14-28-23)17-11-29-31(4)12-17/h9-12,14-15H,5-8,13H2,1-4H3,(H,27,28,30). The third-order valence-electron chi connectivity index (χ3n) is 6.22. The van der Waals surface area contributed by atoms with E-state index in [9.17, 15) is 4.79 Å². The van der Waals surface area contributed by atoms with Crippen molar-refractivity contribution in [2.75, 3.05) is 18.4 Å². The molecule has 3 aromatic rings. The van der Waals surface area contributed by atoms with Crippen molar-refractivity contribution in [3.63, 3.8) is 0 Å². The lowest BCUT2D eigenvalue weighted by atomic mass is 9.89. The molecule has 184 valence electrons. The van der Waals surface area contributed by atoms with Gasteiger partial charge in [0.2, 0.25) is 0 Å². The number of carbonyl (C=O) groups is 1. The van der Waals surface area contributed by atoms with Crippen molar-refractivity contribution in [1.29, 1.82) is 0 Å². The summed E-state index contributed by atoms with van der Waals surface area (Å²) < 4.78 is 14.4. The van der Waals surface area contributed by atoms with Gasteiger partial charge >= 0.3 is 6.09 Å².